The third kappa shape index (κ3) is 5.61. The molecule has 0 aromatic carbocycles. The summed E-state index contributed by atoms with van der Waals surface area (Å²) in [7, 11) is 0. The maximum atomic E-state index is 12.0. The summed E-state index contributed by atoms with van der Waals surface area (Å²) < 4.78 is 3.59. The van der Waals surface area contributed by atoms with Crippen LogP contribution in [-0.2, 0) is 11.3 Å². The Balaban J connectivity index is 2.65. The van der Waals surface area contributed by atoms with Crippen LogP contribution in [0.15, 0.2) is 22.8 Å². The summed E-state index contributed by atoms with van der Waals surface area (Å²) in [6.07, 6.45) is 0.885. The molecule has 0 saturated carbocycles. The van der Waals surface area contributed by atoms with Crippen LogP contribution in [0.4, 0.5) is 0 Å². The summed E-state index contributed by atoms with van der Waals surface area (Å²) in [5, 5.41) is 4.45. The lowest BCUT2D eigenvalue weighted by molar-refractivity contribution is -0.708. The van der Waals surface area contributed by atoms with E-state index in [0.717, 1.165) is 5.76 Å². The zero-order valence-electron chi connectivity index (χ0n) is 11.0. The van der Waals surface area contributed by atoms with E-state index in [9.17, 15) is 4.79 Å². The number of alkyl halides is 3. The Hall–Kier alpha value is -0.420. The third-order valence-electron chi connectivity index (χ3n) is 2.46. The molecule has 0 spiro atoms. The van der Waals surface area contributed by atoms with Crippen LogP contribution in [0.1, 0.15) is 26.5 Å². The normalized spacial score (nSPS) is 14.2. The van der Waals surface area contributed by atoms with Gasteiger partial charge in [-0.3, -0.25) is 4.79 Å². The number of halogens is 3. The van der Waals surface area contributed by atoms with E-state index in [4.69, 9.17) is 39.2 Å². The minimum atomic E-state index is -1.60. The molecular weight excluding hydrogens is 311 g/mol. The highest BCUT2D eigenvalue weighted by molar-refractivity contribution is 6.68. The molecule has 1 heterocycles. The van der Waals surface area contributed by atoms with Gasteiger partial charge < -0.3 is 15.1 Å². The van der Waals surface area contributed by atoms with Crippen molar-refractivity contribution in [2.75, 3.05) is 0 Å². The fourth-order valence-corrected chi connectivity index (χ4v) is 1.73. The Bertz CT molecular complexity index is 408. The van der Waals surface area contributed by atoms with Crippen molar-refractivity contribution in [2.24, 2.45) is 5.41 Å². The summed E-state index contributed by atoms with van der Waals surface area (Å²) in [5.74, 6) is 0.559. The molecule has 0 radical (unpaired) electrons. The molecule has 0 aliphatic heterocycles. The monoisotopic (exact) mass is 327 g/mol. The molecule has 3 N–H and O–H groups in total. The van der Waals surface area contributed by atoms with Crippen LogP contribution in [0, 0.1) is 5.41 Å². The van der Waals surface area contributed by atoms with Crippen LogP contribution in [0.2, 0.25) is 0 Å². The summed E-state index contributed by atoms with van der Waals surface area (Å²) in [5.41, 5.74) is -0.549. The van der Waals surface area contributed by atoms with Gasteiger partial charge in [-0.2, -0.15) is 0 Å². The maximum absolute atomic E-state index is 12.0. The van der Waals surface area contributed by atoms with Crippen molar-refractivity contribution in [3.8, 4) is 0 Å². The number of amides is 1. The molecule has 0 saturated heterocycles. The van der Waals surface area contributed by atoms with E-state index in [2.05, 4.69) is 5.32 Å². The number of nitrogens with one attached hydrogen (secondary N) is 1. The van der Waals surface area contributed by atoms with Crippen molar-refractivity contribution in [1.29, 1.82) is 0 Å². The van der Waals surface area contributed by atoms with E-state index in [1.165, 1.54) is 0 Å². The smallest absolute Gasteiger partial charge is 0.262 e. The number of quaternary nitrogens is 1. The van der Waals surface area contributed by atoms with Crippen molar-refractivity contribution >= 4 is 40.7 Å². The zero-order chi connectivity index (χ0) is 14.7. The van der Waals surface area contributed by atoms with Gasteiger partial charge in [0.1, 0.15) is 6.54 Å². The highest BCUT2D eigenvalue weighted by atomic mass is 35.6. The first kappa shape index (κ1) is 16.6. The third-order valence-corrected chi connectivity index (χ3v) is 3.16. The molecule has 1 aromatic rings. The molecule has 1 atom stereocenters. The fourth-order valence-electron chi connectivity index (χ4n) is 1.29. The molecule has 4 nitrogen and oxygen atoms in total. The summed E-state index contributed by atoms with van der Waals surface area (Å²) in [6.45, 7) is 5.86. The van der Waals surface area contributed by atoms with Gasteiger partial charge in [-0.15, -0.1) is 0 Å². The predicted octanol–water partition coefficient (Wildman–Crippen LogP) is 2.20. The van der Waals surface area contributed by atoms with Gasteiger partial charge in [0, 0.05) is 5.41 Å². The molecule has 1 aromatic heterocycles. The average Bonchev–Trinajstić information content (AvgIpc) is 2.73. The first-order valence-electron chi connectivity index (χ1n) is 5.84. The van der Waals surface area contributed by atoms with Crippen LogP contribution >= 0.6 is 34.8 Å². The average molecular weight is 329 g/mol. The van der Waals surface area contributed by atoms with Gasteiger partial charge in [-0.05, 0) is 12.1 Å². The Morgan fingerprint density at radius 2 is 2.05 bits per heavy atom. The van der Waals surface area contributed by atoms with Crippen molar-refractivity contribution < 1.29 is 14.5 Å². The van der Waals surface area contributed by atoms with Gasteiger partial charge >= 0.3 is 0 Å². The molecule has 0 bridgehead atoms. The number of rotatable bonds is 4. The van der Waals surface area contributed by atoms with E-state index in [1.807, 2.05) is 6.07 Å². The summed E-state index contributed by atoms with van der Waals surface area (Å²) >= 11 is 17.7. The first-order chi connectivity index (χ1) is 8.60. The van der Waals surface area contributed by atoms with E-state index in [1.54, 1.807) is 38.4 Å². The number of hydrogen-bond acceptors (Lipinski definition) is 2. The Morgan fingerprint density at radius 1 is 1.42 bits per heavy atom. The molecular formula is C12H18Cl3N2O2+. The van der Waals surface area contributed by atoms with Crippen molar-refractivity contribution in [1.82, 2.24) is 5.32 Å². The highest BCUT2D eigenvalue weighted by Crippen LogP contribution is 2.28. The lowest BCUT2D eigenvalue weighted by atomic mass is 9.95. The molecule has 1 amide bonds. The summed E-state index contributed by atoms with van der Waals surface area (Å²) in [6, 6.07) is 3.60. The Morgan fingerprint density at radius 3 is 2.47 bits per heavy atom. The van der Waals surface area contributed by atoms with Crippen molar-refractivity contribution in [3.63, 3.8) is 0 Å². The number of carbonyl (C=O) groups excluding carboxylic acids is 1. The van der Waals surface area contributed by atoms with E-state index in [-0.39, 0.29) is 5.91 Å². The lowest BCUT2D eigenvalue weighted by Crippen LogP contribution is -2.95. The van der Waals surface area contributed by atoms with Crippen LogP contribution in [-0.4, -0.2) is 15.9 Å². The number of carbonyl (C=O) groups is 1. The lowest BCUT2D eigenvalue weighted by Gasteiger charge is -2.26. The molecule has 1 rings (SSSR count). The van der Waals surface area contributed by atoms with Crippen LogP contribution in [0.5, 0.6) is 0 Å². The van der Waals surface area contributed by atoms with E-state index < -0.39 is 15.4 Å². The second-order valence-corrected chi connectivity index (χ2v) is 7.63. The van der Waals surface area contributed by atoms with Gasteiger partial charge in [0.05, 0.1) is 6.26 Å². The van der Waals surface area contributed by atoms with Crippen LogP contribution in [0.3, 0.4) is 0 Å². The molecule has 19 heavy (non-hydrogen) atoms. The zero-order valence-corrected chi connectivity index (χ0v) is 13.3. The van der Waals surface area contributed by atoms with Crippen LogP contribution < -0.4 is 10.6 Å². The molecule has 0 unspecified atom stereocenters. The fraction of sp³-hybridized carbons (Fsp3) is 0.583. The van der Waals surface area contributed by atoms with Gasteiger partial charge in [0.25, 0.3) is 3.79 Å². The molecule has 0 fully saturated rings. The predicted molar refractivity (Wildman–Crippen MR) is 76.0 cm³/mol. The topological polar surface area (TPSA) is 58.9 Å². The second kappa shape index (κ2) is 6.35. The standard InChI is InChI=1S/C12H17Cl3N2O2/c1-11(2,3)10(18)17-9(12(13,14)15)16-7-8-5-4-6-19-8/h4-6,9,16H,7H2,1-3H3,(H,17,18)/p+1/t9-/m0/s1. The number of hydrogen-bond donors (Lipinski definition) is 2. The van der Waals surface area contributed by atoms with E-state index >= 15 is 0 Å². The summed E-state index contributed by atoms with van der Waals surface area (Å²) in [4.78, 5) is 12.0. The molecule has 0 aliphatic carbocycles. The van der Waals surface area contributed by atoms with Gasteiger partial charge in [-0.1, -0.05) is 55.6 Å². The Kier molecular flexibility index (Phi) is 5.56. The van der Waals surface area contributed by atoms with Crippen LogP contribution in [0.25, 0.3) is 0 Å². The van der Waals surface area contributed by atoms with Gasteiger partial charge in [0.15, 0.2) is 5.76 Å². The highest BCUT2D eigenvalue weighted by Gasteiger charge is 2.39. The van der Waals surface area contributed by atoms with E-state index in [0.29, 0.717) is 6.54 Å². The minimum Gasteiger partial charge on any atom is -0.463 e. The van der Waals surface area contributed by atoms with Gasteiger partial charge in [0.2, 0.25) is 12.1 Å². The quantitative estimate of drug-likeness (QED) is 0.657. The SMILES string of the molecule is CC(C)(C)C(=O)N[C@H]([NH2+]Cc1ccco1)C(Cl)(Cl)Cl. The van der Waals surface area contributed by atoms with Crippen molar-refractivity contribution in [2.45, 2.75) is 37.3 Å². The first-order valence-corrected chi connectivity index (χ1v) is 6.97. The molecule has 7 heteroatoms. The molecule has 0 aliphatic rings. The van der Waals surface area contributed by atoms with Gasteiger partial charge in [-0.25, -0.2) is 0 Å². The maximum Gasteiger partial charge on any atom is 0.262 e. The Labute approximate surface area is 127 Å². The largest absolute Gasteiger partial charge is 0.463 e. The second-order valence-electron chi connectivity index (χ2n) is 5.26. The number of nitrogens with two attached hydrogens (primary N) is 1. The number of furan rings is 1. The van der Waals surface area contributed by atoms with Crippen molar-refractivity contribution in [3.05, 3.63) is 24.2 Å². The minimum absolute atomic E-state index is 0.181. The molecule has 108 valence electrons.